The minimum Gasteiger partial charge on any atom is -0.381 e. The van der Waals surface area contributed by atoms with Gasteiger partial charge in [-0.3, -0.25) is 9.59 Å². The molecule has 3 aromatic heterocycles. The van der Waals surface area contributed by atoms with Gasteiger partial charge >= 0.3 is 0 Å². The number of benzene rings is 1. The van der Waals surface area contributed by atoms with Gasteiger partial charge < -0.3 is 21.3 Å². The lowest BCUT2D eigenvalue weighted by Gasteiger charge is -2.12. The lowest BCUT2D eigenvalue weighted by molar-refractivity contribution is 0.0953. The minimum absolute atomic E-state index is 0.0588. The van der Waals surface area contributed by atoms with Gasteiger partial charge in [0.05, 0.1) is 22.5 Å². The third kappa shape index (κ3) is 3.72. The highest BCUT2D eigenvalue weighted by Gasteiger charge is 2.22. The van der Waals surface area contributed by atoms with Crippen LogP contribution >= 0.6 is 32.2 Å². The zero-order valence-corrected chi connectivity index (χ0v) is 19.4. The molecule has 32 heavy (non-hydrogen) atoms. The molecule has 1 aliphatic rings. The van der Waals surface area contributed by atoms with E-state index in [0.717, 1.165) is 26.7 Å². The van der Waals surface area contributed by atoms with Crippen LogP contribution in [0.1, 0.15) is 20.0 Å². The summed E-state index contributed by atoms with van der Waals surface area (Å²) >= 11 is 7.53. The van der Waals surface area contributed by atoms with Crippen molar-refractivity contribution in [2.75, 3.05) is 30.0 Å². The highest BCUT2D eigenvalue weighted by molar-refractivity contribution is 7.21. The van der Waals surface area contributed by atoms with E-state index < -0.39 is 0 Å². The molecule has 4 N–H and O–H groups in total. The lowest BCUT2D eigenvalue weighted by Crippen LogP contribution is -2.24. The Morgan fingerprint density at radius 2 is 2.06 bits per heavy atom. The summed E-state index contributed by atoms with van der Waals surface area (Å²) in [5.74, 6) is 0.238. The maximum absolute atomic E-state index is 12.4. The van der Waals surface area contributed by atoms with Crippen LogP contribution < -0.4 is 21.3 Å². The first-order valence-electron chi connectivity index (χ1n) is 9.84. The van der Waals surface area contributed by atoms with Crippen molar-refractivity contribution < 1.29 is 9.59 Å². The number of hydrogen-bond acceptors (Lipinski definition) is 7. The summed E-state index contributed by atoms with van der Waals surface area (Å²) in [5.41, 5.74) is 2.50. The van der Waals surface area contributed by atoms with Gasteiger partial charge in [-0.25, -0.2) is 9.97 Å². The first-order chi connectivity index (χ1) is 15.5. The number of amides is 2. The number of anilines is 3. The fourth-order valence-electron chi connectivity index (χ4n) is 3.68. The van der Waals surface area contributed by atoms with Crippen molar-refractivity contribution in [1.82, 2.24) is 20.6 Å². The topological polar surface area (TPSA) is 108 Å². The zero-order valence-electron chi connectivity index (χ0n) is 16.7. The van der Waals surface area contributed by atoms with Gasteiger partial charge in [-0.2, -0.15) is 0 Å². The van der Waals surface area contributed by atoms with Crippen LogP contribution in [-0.4, -0.2) is 41.2 Å². The Hall–Kier alpha value is -3.00. The largest absolute Gasteiger partial charge is 0.381 e. The normalized spacial score (nSPS) is 13.2. The molecule has 1 atom stereocenters. The molecule has 1 unspecified atom stereocenters. The molecule has 0 radical (unpaired) electrons. The molecule has 0 spiro atoms. The lowest BCUT2D eigenvalue weighted by atomic mass is 10.1. The van der Waals surface area contributed by atoms with Crippen LogP contribution in [-0.2, 0) is 0 Å². The maximum Gasteiger partial charge on any atom is 0.263 e. The molecule has 2 amide bonds. The Balaban J connectivity index is 1.57. The Labute approximate surface area is 194 Å². The third-order valence-electron chi connectivity index (χ3n) is 5.08. The molecule has 8 nitrogen and oxygen atoms in total. The number of carbonyl (C=O) groups excluding carboxylic acids is 2. The number of nitrogens with zero attached hydrogens (tertiary/aromatic N) is 2. The number of pyridine rings is 2. The molecule has 0 fully saturated rings. The van der Waals surface area contributed by atoms with Crippen LogP contribution in [0.4, 0.5) is 17.2 Å². The van der Waals surface area contributed by atoms with Crippen LogP contribution in [0.5, 0.6) is 0 Å². The smallest absolute Gasteiger partial charge is 0.263 e. The Bertz CT molecular complexity index is 1390. The summed E-state index contributed by atoms with van der Waals surface area (Å²) in [6.45, 7) is 1.25. The molecule has 4 aromatic rings. The van der Waals surface area contributed by atoms with Crippen molar-refractivity contribution in [2.45, 2.75) is 0 Å². The van der Waals surface area contributed by atoms with Crippen LogP contribution in [0.2, 0.25) is 5.15 Å². The van der Waals surface area contributed by atoms with E-state index in [1.807, 2.05) is 24.3 Å². The van der Waals surface area contributed by atoms with Gasteiger partial charge in [0, 0.05) is 41.0 Å². The fourth-order valence-corrected chi connectivity index (χ4v) is 5.14. The van der Waals surface area contributed by atoms with Crippen molar-refractivity contribution in [2.24, 2.45) is 0 Å². The Morgan fingerprint density at radius 3 is 2.91 bits per heavy atom. The summed E-state index contributed by atoms with van der Waals surface area (Å²) in [5, 5.41) is 14.4. The summed E-state index contributed by atoms with van der Waals surface area (Å²) in [6.07, 6.45) is 1.85. The van der Waals surface area contributed by atoms with Crippen LogP contribution in [0.15, 0.2) is 36.5 Å². The van der Waals surface area contributed by atoms with Gasteiger partial charge in [0.25, 0.3) is 11.8 Å². The quantitative estimate of drug-likeness (QED) is 0.258. The number of fused-ring (bicyclic) bond motifs is 5. The van der Waals surface area contributed by atoms with E-state index in [1.165, 1.54) is 17.5 Å². The average Bonchev–Trinajstić information content (AvgIpc) is 3.06. The minimum atomic E-state index is -0.264. The molecule has 4 heterocycles. The molecule has 5 rings (SSSR count). The molecule has 0 bridgehead atoms. The molecule has 0 aliphatic carbocycles. The standard InChI is InChI=1S/C21H18ClN6O2PS/c22-15-7-13(11(8-25-15)20(29)26-9-31)28-16-4-1-10-12(27-16)2-3-14-17(10)18-19(32-14)21(30)24-6-5-23-18/h1-4,7-8,23H,5-6,9,31H2,(H,24,30)(H,26,29)(H,25,27,28). The average molecular weight is 485 g/mol. The van der Waals surface area contributed by atoms with Crippen molar-refractivity contribution in [3.8, 4) is 0 Å². The number of rotatable bonds is 4. The zero-order chi connectivity index (χ0) is 22.2. The van der Waals surface area contributed by atoms with Gasteiger partial charge in [0.2, 0.25) is 0 Å². The second kappa shape index (κ2) is 8.50. The highest BCUT2D eigenvalue weighted by Crippen LogP contribution is 2.40. The van der Waals surface area contributed by atoms with Gasteiger partial charge in [0.15, 0.2) is 0 Å². The number of hydrogen-bond donors (Lipinski definition) is 4. The predicted molar refractivity (Wildman–Crippen MR) is 133 cm³/mol. The van der Waals surface area contributed by atoms with Crippen LogP contribution in [0.25, 0.3) is 21.0 Å². The number of thiophene rings is 1. The predicted octanol–water partition coefficient (Wildman–Crippen LogP) is 3.96. The van der Waals surface area contributed by atoms with Gasteiger partial charge in [-0.05, 0) is 30.3 Å². The summed E-state index contributed by atoms with van der Waals surface area (Å²) in [6, 6.07) is 9.31. The van der Waals surface area contributed by atoms with E-state index >= 15 is 0 Å². The number of nitrogens with one attached hydrogen (secondary N) is 4. The molecule has 1 aliphatic heterocycles. The second-order valence-electron chi connectivity index (χ2n) is 7.08. The molecule has 162 valence electrons. The molecule has 0 saturated carbocycles. The summed E-state index contributed by atoms with van der Waals surface area (Å²) < 4.78 is 1.02. The highest BCUT2D eigenvalue weighted by atomic mass is 35.5. The van der Waals surface area contributed by atoms with Gasteiger partial charge in [0.1, 0.15) is 15.8 Å². The van der Waals surface area contributed by atoms with Crippen molar-refractivity contribution in [3.05, 3.63) is 52.1 Å². The van der Waals surface area contributed by atoms with Crippen molar-refractivity contribution >= 4 is 82.2 Å². The summed E-state index contributed by atoms with van der Waals surface area (Å²) in [7, 11) is 2.45. The van der Waals surface area contributed by atoms with Crippen LogP contribution in [0, 0.1) is 0 Å². The molecular formula is C21H18ClN6O2PS. The number of aromatic nitrogens is 2. The van der Waals surface area contributed by atoms with Crippen molar-refractivity contribution in [1.29, 1.82) is 0 Å². The first-order valence-corrected chi connectivity index (χ1v) is 11.9. The van der Waals surface area contributed by atoms with E-state index in [-0.39, 0.29) is 17.0 Å². The maximum atomic E-state index is 12.4. The number of halogens is 1. The van der Waals surface area contributed by atoms with Gasteiger partial charge in [-0.1, -0.05) is 11.6 Å². The van der Waals surface area contributed by atoms with E-state index in [0.29, 0.717) is 41.3 Å². The Kier molecular flexibility index (Phi) is 5.55. The molecule has 0 saturated heterocycles. The molecule has 11 heteroatoms. The Morgan fingerprint density at radius 1 is 1.22 bits per heavy atom. The summed E-state index contributed by atoms with van der Waals surface area (Å²) in [4.78, 5) is 34.2. The van der Waals surface area contributed by atoms with Crippen molar-refractivity contribution in [3.63, 3.8) is 0 Å². The second-order valence-corrected chi connectivity index (χ2v) is 8.93. The third-order valence-corrected chi connectivity index (χ3v) is 6.65. The van der Waals surface area contributed by atoms with E-state index in [1.54, 1.807) is 6.07 Å². The fraction of sp³-hybridized carbons (Fsp3) is 0.143. The first kappa shape index (κ1) is 20.9. The number of carbonyl (C=O) groups is 2. The monoisotopic (exact) mass is 484 g/mol. The van der Waals surface area contributed by atoms with Gasteiger partial charge in [-0.15, -0.1) is 20.6 Å². The van der Waals surface area contributed by atoms with E-state index in [9.17, 15) is 9.59 Å². The van der Waals surface area contributed by atoms with E-state index in [4.69, 9.17) is 16.6 Å². The SMILES string of the molecule is O=C(NCP)c1cnc(Cl)cc1Nc1ccc2c(ccc3sc4c(c32)NCCNC4=O)n1. The van der Waals surface area contributed by atoms with E-state index in [2.05, 4.69) is 35.5 Å². The molecule has 1 aromatic carbocycles. The molecular weight excluding hydrogens is 467 g/mol. The van der Waals surface area contributed by atoms with Crippen LogP contribution in [0.3, 0.4) is 0 Å².